The molecule has 8 heavy (non-hydrogen) atoms. The maximum atomic E-state index is 9.08. The second kappa shape index (κ2) is 1.45. The van der Waals surface area contributed by atoms with Crippen LogP contribution in [-0.2, 0) is 0 Å². The molecule has 1 aliphatic heterocycles. The minimum Gasteiger partial charge on any atom is -0.393 e. The Morgan fingerprint density at radius 3 is 2.88 bits per heavy atom. The quantitative estimate of drug-likeness (QED) is 0.453. The molecular weight excluding hydrogens is 102 g/mol. The van der Waals surface area contributed by atoms with E-state index in [1.54, 1.807) is 0 Å². The SMILES string of the molecule is OC1CC2NCCC12. The average Bonchev–Trinajstić information content (AvgIpc) is 2.09. The molecule has 1 saturated heterocycles. The minimum absolute atomic E-state index is 0.0231. The van der Waals surface area contributed by atoms with E-state index in [1.165, 1.54) is 6.42 Å². The van der Waals surface area contributed by atoms with Crippen molar-refractivity contribution in [1.82, 2.24) is 5.32 Å². The van der Waals surface area contributed by atoms with Gasteiger partial charge < -0.3 is 10.4 Å². The molecule has 46 valence electrons. The molecule has 0 aromatic heterocycles. The minimum atomic E-state index is 0.0231. The highest BCUT2D eigenvalue weighted by Gasteiger charge is 2.42. The molecule has 2 heteroatoms. The predicted octanol–water partition coefficient (Wildman–Crippen LogP) is -0.271. The van der Waals surface area contributed by atoms with Crippen molar-refractivity contribution in [2.24, 2.45) is 5.92 Å². The molecule has 0 radical (unpaired) electrons. The smallest absolute Gasteiger partial charge is 0.0598 e. The average molecular weight is 113 g/mol. The fourth-order valence-corrected chi connectivity index (χ4v) is 1.75. The van der Waals surface area contributed by atoms with E-state index in [0.29, 0.717) is 12.0 Å². The van der Waals surface area contributed by atoms with E-state index in [1.807, 2.05) is 0 Å². The van der Waals surface area contributed by atoms with Gasteiger partial charge in [-0.1, -0.05) is 0 Å². The zero-order chi connectivity index (χ0) is 5.56. The monoisotopic (exact) mass is 113 g/mol. The summed E-state index contributed by atoms with van der Waals surface area (Å²) in [6.45, 7) is 1.12. The Hall–Kier alpha value is -0.0800. The van der Waals surface area contributed by atoms with Gasteiger partial charge in [-0.25, -0.2) is 0 Å². The third kappa shape index (κ3) is 0.446. The van der Waals surface area contributed by atoms with Crippen molar-refractivity contribution in [3.8, 4) is 0 Å². The van der Waals surface area contributed by atoms with E-state index in [4.69, 9.17) is 5.11 Å². The maximum Gasteiger partial charge on any atom is 0.0598 e. The van der Waals surface area contributed by atoms with E-state index in [-0.39, 0.29) is 6.10 Å². The van der Waals surface area contributed by atoms with Gasteiger partial charge in [-0.05, 0) is 19.4 Å². The van der Waals surface area contributed by atoms with Crippen LogP contribution >= 0.6 is 0 Å². The van der Waals surface area contributed by atoms with Crippen LogP contribution in [-0.4, -0.2) is 23.8 Å². The lowest BCUT2D eigenvalue weighted by atomic mass is 9.78. The predicted molar refractivity (Wildman–Crippen MR) is 30.5 cm³/mol. The van der Waals surface area contributed by atoms with Gasteiger partial charge in [0, 0.05) is 12.0 Å². The Labute approximate surface area is 48.9 Å². The zero-order valence-corrected chi connectivity index (χ0v) is 4.80. The van der Waals surface area contributed by atoms with Crippen LogP contribution in [0.3, 0.4) is 0 Å². The molecule has 0 spiro atoms. The van der Waals surface area contributed by atoms with Crippen molar-refractivity contribution in [3.05, 3.63) is 0 Å². The number of fused-ring (bicyclic) bond motifs is 1. The summed E-state index contributed by atoms with van der Waals surface area (Å²) in [6.07, 6.45) is 2.20. The molecule has 3 unspecified atom stereocenters. The molecule has 2 aliphatic rings. The van der Waals surface area contributed by atoms with E-state index >= 15 is 0 Å². The summed E-state index contributed by atoms with van der Waals surface area (Å²) in [6, 6.07) is 0.671. The molecular formula is C6H11NO. The van der Waals surface area contributed by atoms with Crippen LogP contribution in [0.15, 0.2) is 0 Å². The van der Waals surface area contributed by atoms with Gasteiger partial charge in [0.2, 0.25) is 0 Å². The molecule has 1 heterocycles. The van der Waals surface area contributed by atoms with Crippen molar-refractivity contribution in [2.45, 2.75) is 25.0 Å². The van der Waals surface area contributed by atoms with Crippen molar-refractivity contribution >= 4 is 0 Å². The van der Waals surface area contributed by atoms with E-state index in [2.05, 4.69) is 5.32 Å². The molecule has 2 fully saturated rings. The van der Waals surface area contributed by atoms with Crippen molar-refractivity contribution in [1.29, 1.82) is 0 Å². The summed E-state index contributed by atoms with van der Waals surface area (Å²) in [5.74, 6) is 0.606. The summed E-state index contributed by atoms with van der Waals surface area (Å²) in [4.78, 5) is 0. The first-order chi connectivity index (χ1) is 3.88. The highest BCUT2D eigenvalue weighted by Crippen LogP contribution is 2.34. The van der Waals surface area contributed by atoms with Gasteiger partial charge in [-0.2, -0.15) is 0 Å². The summed E-state index contributed by atoms with van der Waals surface area (Å²) >= 11 is 0. The van der Waals surface area contributed by atoms with Gasteiger partial charge in [0.15, 0.2) is 0 Å². The summed E-state index contributed by atoms with van der Waals surface area (Å²) in [5.41, 5.74) is 0. The molecule has 2 rings (SSSR count). The lowest BCUT2D eigenvalue weighted by Gasteiger charge is -2.35. The van der Waals surface area contributed by atoms with Gasteiger partial charge in [0.1, 0.15) is 0 Å². The van der Waals surface area contributed by atoms with Crippen molar-refractivity contribution < 1.29 is 5.11 Å². The highest BCUT2D eigenvalue weighted by atomic mass is 16.3. The fourth-order valence-electron chi connectivity index (χ4n) is 1.75. The number of hydrogen-bond donors (Lipinski definition) is 2. The summed E-state index contributed by atoms with van der Waals surface area (Å²) in [7, 11) is 0. The largest absolute Gasteiger partial charge is 0.393 e. The lowest BCUT2D eigenvalue weighted by Crippen LogP contribution is -2.47. The zero-order valence-electron chi connectivity index (χ0n) is 4.80. The van der Waals surface area contributed by atoms with E-state index < -0.39 is 0 Å². The molecule has 2 nitrogen and oxygen atoms in total. The molecule has 1 saturated carbocycles. The van der Waals surface area contributed by atoms with Crippen molar-refractivity contribution in [2.75, 3.05) is 6.54 Å². The Morgan fingerprint density at radius 1 is 1.50 bits per heavy atom. The lowest BCUT2D eigenvalue weighted by molar-refractivity contribution is 0.0130. The van der Waals surface area contributed by atoms with Crippen molar-refractivity contribution in [3.63, 3.8) is 0 Å². The van der Waals surface area contributed by atoms with E-state index in [0.717, 1.165) is 13.0 Å². The number of hydrogen-bond acceptors (Lipinski definition) is 2. The Morgan fingerprint density at radius 2 is 2.38 bits per heavy atom. The Balaban J connectivity index is 2.02. The normalized spacial score (nSPS) is 52.9. The second-order valence-corrected chi connectivity index (χ2v) is 2.82. The fraction of sp³-hybridized carbons (Fsp3) is 1.00. The van der Waals surface area contributed by atoms with E-state index in [9.17, 15) is 0 Å². The van der Waals surface area contributed by atoms with Crippen LogP contribution in [0, 0.1) is 5.92 Å². The first kappa shape index (κ1) is 4.77. The van der Waals surface area contributed by atoms with Crippen LogP contribution in [0.1, 0.15) is 12.8 Å². The van der Waals surface area contributed by atoms with Gasteiger partial charge in [0.05, 0.1) is 6.10 Å². The molecule has 0 amide bonds. The van der Waals surface area contributed by atoms with Gasteiger partial charge in [0.25, 0.3) is 0 Å². The topological polar surface area (TPSA) is 32.3 Å². The van der Waals surface area contributed by atoms with Crippen LogP contribution in [0.2, 0.25) is 0 Å². The third-order valence-corrected chi connectivity index (χ3v) is 2.39. The maximum absolute atomic E-state index is 9.08. The number of nitrogens with one attached hydrogen (secondary N) is 1. The number of aliphatic hydroxyl groups is 1. The summed E-state index contributed by atoms with van der Waals surface area (Å²) < 4.78 is 0. The molecule has 0 aromatic rings. The van der Waals surface area contributed by atoms with Crippen LogP contribution in [0.25, 0.3) is 0 Å². The Kier molecular flexibility index (Phi) is 0.866. The van der Waals surface area contributed by atoms with Crippen LogP contribution in [0.5, 0.6) is 0 Å². The summed E-state index contributed by atoms with van der Waals surface area (Å²) in [5, 5.41) is 12.4. The first-order valence-electron chi connectivity index (χ1n) is 3.29. The second-order valence-electron chi connectivity index (χ2n) is 2.82. The third-order valence-electron chi connectivity index (χ3n) is 2.39. The molecule has 0 bridgehead atoms. The standard InChI is InChI=1S/C6H11NO/c8-6-3-5-4(6)1-2-7-5/h4-8H,1-3H2. The van der Waals surface area contributed by atoms with Gasteiger partial charge in [-0.3, -0.25) is 0 Å². The Bertz CT molecular complexity index is 105. The van der Waals surface area contributed by atoms with Crippen LogP contribution < -0.4 is 5.32 Å². The number of rotatable bonds is 0. The molecule has 3 atom stereocenters. The molecule has 1 aliphatic carbocycles. The number of aliphatic hydroxyl groups excluding tert-OH is 1. The van der Waals surface area contributed by atoms with Crippen LogP contribution in [0.4, 0.5) is 0 Å². The first-order valence-corrected chi connectivity index (χ1v) is 3.29. The highest BCUT2D eigenvalue weighted by molar-refractivity contribution is 4.98. The van der Waals surface area contributed by atoms with Gasteiger partial charge in [-0.15, -0.1) is 0 Å². The molecule has 2 N–H and O–H groups in total. The van der Waals surface area contributed by atoms with Gasteiger partial charge >= 0.3 is 0 Å². The molecule has 0 aromatic carbocycles.